The minimum atomic E-state index is 0. The minimum Gasteiger partial charge on any atom is -1.00 e. The Morgan fingerprint density at radius 2 is 2.14 bits per heavy atom. The highest BCUT2D eigenvalue weighted by Crippen LogP contribution is 2.27. The molecule has 0 fully saturated rings. The monoisotopic (exact) mass is 398 g/mol. The Morgan fingerprint density at radius 1 is 1.29 bits per heavy atom. The summed E-state index contributed by atoms with van der Waals surface area (Å²) >= 11 is 0. The van der Waals surface area contributed by atoms with Gasteiger partial charge in [-0.2, -0.15) is 0 Å². The van der Waals surface area contributed by atoms with Crippen LogP contribution in [0.1, 0.15) is 31.7 Å². The van der Waals surface area contributed by atoms with Crippen LogP contribution in [0.4, 0.5) is 0 Å². The second-order valence-corrected chi connectivity index (χ2v) is 5.61. The molecule has 0 saturated heterocycles. The Morgan fingerprint density at radius 3 is 2.95 bits per heavy atom. The van der Waals surface area contributed by atoms with Gasteiger partial charge in [-0.15, -0.1) is 0 Å². The van der Waals surface area contributed by atoms with E-state index in [1.807, 2.05) is 6.07 Å². The molecule has 1 unspecified atom stereocenters. The summed E-state index contributed by atoms with van der Waals surface area (Å²) in [6.45, 7) is 4.28. The molecule has 0 saturated carbocycles. The van der Waals surface area contributed by atoms with E-state index in [2.05, 4.69) is 53.0 Å². The van der Waals surface area contributed by atoms with Crippen LogP contribution in [0.3, 0.4) is 0 Å². The number of para-hydroxylation sites is 1. The molecule has 2 aromatic rings. The number of hydrogen-bond donors (Lipinski definition) is 0. The van der Waals surface area contributed by atoms with E-state index in [1.54, 1.807) is 0 Å². The molecule has 4 heteroatoms. The number of hydrogen-bond acceptors (Lipinski definition) is 1. The molecule has 1 aliphatic rings. The van der Waals surface area contributed by atoms with E-state index >= 15 is 0 Å². The van der Waals surface area contributed by atoms with Gasteiger partial charge in [-0.1, -0.05) is 31.5 Å². The van der Waals surface area contributed by atoms with E-state index in [9.17, 15) is 0 Å². The van der Waals surface area contributed by atoms with E-state index < -0.39 is 0 Å². The summed E-state index contributed by atoms with van der Waals surface area (Å²) in [5.74, 6) is 1.06. The molecule has 0 amide bonds. The molecule has 0 aliphatic carbocycles. The van der Waals surface area contributed by atoms with Crippen molar-refractivity contribution in [3.63, 3.8) is 0 Å². The van der Waals surface area contributed by atoms with Crippen LogP contribution in [0, 0.1) is 0 Å². The fourth-order valence-electron chi connectivity index (χ4n) is 2.81. The third-order valence-electron chi connectivity index (χ3n) is 3.89. The van der Waals surface area contributed by atoms with Crippen molar-refractivity contribution >= 4 is 0 Å². The Bertz CT molecular complexity index is 542. The van der Waals surface area contributed by atoms with Crippen LogP contribution in [-0.2, 0) is 19.5 Å². The molecular formula is C17H23IN2O. The first-order chi connectivity index (χ1) is 9.85. The molecule has 3 nitrogen and oxygen atoms in total. The molecule has 114 valence electrons. The average Bonchev–Trinajstić information content (AvgIpc) is 3.05. The number of rotatable bonds is 6. The van der Waals surface area contributed by atoms with Crippen LogP contribution < -0.4 is 33.3 Å². The van der Waals surface area contributed by atoms with E-state index in [-0.39, 0.29) is 30.1 Å². The van der Waals surface area contributed by atoms with E-state index in [1.165, 1.54) is 24.8 Å². The fraction of sp³-hybridized carbons (Fsp3) is 0.471. The summed E-state index contributed by atoms with van der Waals surface area (Å²) in [6.07, 6.45) is 11.6. The predicted octanol–water partition coefficient (Wildman–Crippen LogP) is -0.0265. The lowest BCUT2D eigenvalue weighted by atomic mass is 10.1. The quantitative estimate of drug-likeness (QED) is 0.380. The second kappa shape index (κ2) is 7.82. The van der Waals surface area contributed by atoms with Crippen molar-refractivity contribution in [1.29, 1.82) is 0 Å². The van der Waals surface area contributed by atoms with Gasteiger partial charge in [-0.3, -0.25) is 0 Å². The third-order valence-corrected chi connectivity index (χ3v) is 3.89. The van der Waals surface area contributed by atoms with Crippen molar-refractivity contribution in [3.8, 4) is 5.75 Å². The number of halogens is 1. The number of fused-ring (bicyclic) bond motifs is 1. The number of aryl methyl sites for hydroxylation is 1. The van der Waals surface area contributed by atoms with Crippen LogP contribution in [0.15, 0.2) is 43.0 Å². The summed E-state index contributed by atoms with van der Waals surface area (Å²) in [6, 6.07) is 8.35. The summed E-state index contributed by atoms with van der Waals surface area (Å²) < 4.78 is 10.5. The fourth-order valence-corrected chi connectivity index (χ4v) is 2.81. The van der Waals surface area contributed by atoms with Crippen LogP contribution in [-0.4, -0.2) is 10.7 Å². The normalized spacial score (nSPS) is 16.1. The van der Waals surface area contributed by atoms with Gasteiger partial charge in [0.15, 0.2) is 0 Å². The summed E-state index contributed by atoms with van der Waals surface area (Å²) in [5.41, 5.74) is 1.33. The highest BCUT2D eigenvalue weighted by molar-refractivity contribution is 5.36. The number of imidazole rings is 1. The molecule has 0 bridgehead atoms. The van der Waals surface area contributed by atoms with Crippen molar-refractivity contribution in [1.82, 2.24) is 4.57 Å². The van der Waals surface area contributed by atoms with Crippen LogP contribution >= 0.6 is 0 Å². The smallest absolute Gasteiger partial charge is 0.243 e. The molecular weight excluding hydrogens is 375 g/mol. The van der Waals surface area contributed by atoms with E-state index in [0.717, 1.165) is 25.3 Å². The van der Waals surface area contributed by atoms with E-state index in [0.29, 0.717) is 0 Å². The van der Waals surface area contributed by atoms with Gasteiger partial charge in [0.2, 0.25) is 6.33 Å². The number of benzene rings is 1. The lowest BCUT2D eigenvalue weighted by molar-refractivity contribution is -0.702. The van der Waals surface area contributed by atoms with Crippen LogP contribution in [0.2, 0.25) is 0 Å². The number of nitrogens with zero attached hydrogens (tertiary/aromatic N) is 2. The Kier molecular flexibility index (Phi) is 6.08. The topological polar surface area (TPSA) is 18.0 Å². The largest absolute Gasteiger partial charge is 1.00 e. The van der Waals surface area contributed by atoms with Gasteiger partial charge in [0, 0.05) is 6.42 Å². The van der Waals surface area contributed by atoms with E-state index in [4.69, 9.17) is 4.74 Å². The number of unbranched alkanes of at least 4 members (excludes halogenated alkanes) is 2. The maximum atomic E-state index is 5.99. The maximum absolute atomic E-state index is 5.99. The van der Waals surface area contributed by atoms with Gasteiger partial charge in [-0.05, 0) is 24.5 Å². The Labute approximate surface area is 144 Å². The van der Waals surface area contributed by atoms with Gasteiger partial charge in [0.05, 0.1) is 6.54 Å². The highest BCUT2D eigenvalue weighted by Gasteiger charge is 2.24. The summed E-state index contributed by atoms with van der Waals surface area (Å²) in [7, 11) is 0. The molecule has 0 radical (unpaired) electrons. The van der Waals surface area contributed by atoms with Crippen molar-refractivity contribution in [2.24, 2.45) is 0 Å². The van der Waals surface area contributed by atoms with Crippen LogP contribution in [0.5, 0.6) is 5.75 Å². The minimum absolute atomic E-state index is 0. The maximum Gasteiger partial charge on any atom is 0.243 e. The lowest BCUT2D eigenvalue weighted by Crippen LogP contribution is -3.00. The van der Waals surface area contributed by atoms with Gasteiger partial charge in [0.1, 0.15) is 30.8 Å². The first kappa shape index (κ1) is 16.3. The molecule has 1 aromatic carbocycles. The molecule has 1 aliphatic heterocycles. The SMILES string of the molecule is CCCCCn1cc[n+](CC2Cc3ccccc3O2)c1.[I-]. The molecule has 21 heavy (non-hydrogen) atoms. The second-order valence-electron chi connectivity index (χ2n) is 5.61. The molecule has 2 heterocycles. The number of aromatic nitrogens is 2. The van der Waals surface area contributed by atoms with Crippen LogP contribution in [0.25, 0.3) is 0 Å². The van der Waals surface area contributed by atoms with Crippen molar-refractivity contribution < 1.29 is 33.3 Å². The first-order valence-electron chi connectivity index (χ1n) is 7.64. The van der Waals surface area contributed by atoms with Gasteiger partial charge in [-0.25, -0.2) is 9.13 Å². The molecule has 1 aromatic heterocycles. The summed E-state index contributed by atoms with van der Waals surface area (Å²) in [5, 5.41) is 0. The highest BCUT2D eigenvalue weighted by atomic mass is 127. The molecule has 0 spiro atoms. The van der Waals surface area contributed by atoms with Crippen molar-refractivity contribution in [3.05, 3.63) is 48.5 Å². The van der Waals surface area contributed by atoms with Gasteiger partial charge in [0.25, 0.3) is 0 Å². The predicted molar refractivity (Wildman–Crippen MR) is 78.7 cm³/mol. The zero-order valence-electron chi connectivity index (χ0n) is 12.5. The van der Waals surface area contributed by atoms with Crippen molar-refractivity contribution in [2.45, 2.75) is 51.8 Å². The molecule has 3 rings (SSSR count). The third kappa shape index (κ3) is 4.22. The zero-order valence-corrected chi connectivity index (χ0v) is 14.7. The zero-order chi connectivity index (χ0) is 13.8. The molecule has 1 atom stereocenters. The van der Waals surface area contributed by atoms with Gasteiger partial charge < -0.3 is 28.7 Å². The Hall–Kier alpha value is -1.04. The first-order valence-corrected chi connectivity index (χ1v) is 7.64. The standard InChI is InChI=1S/C17H23N2O.HI/c1-2-3-6-9-18-10-11-19(14-18)13-16-12-15-7-4-5-8-17(15)20-16;/h4-5,7-8,10-11,14,16H,2-3,6,9,12-13H2,1H3;1H/q+1;/p-1. The lowest BCUT2D eigenvalue weighted by Gasteiger charge is -2.07. The average molecular weight is 398 g/mol. The summed E-state index contributed by atoms with van der Waals surface area (Å²) in [4.78, 5) is 0. The number of ether oxygens (including phenoxy) is 1. The Balaban J connectivity index is 0.00000161. The van der Waals surface area contributed by atoms with Gasteiger partial charge >= 0.3 is 0 Å². The molecule has 0 N–H and O–H groups in total. The van der Waals surface area contributed by atoms with Crippen molar-refractivity contribution in [2.75, 3.05) is 0 Å².